The molecule has 0 unspecified atom stereocenters. The van der Waals surface area contributed by atoms with Gasteiger partial charge in [0, 0.05) is 12.0 Å². The first-order chi connectivity index (χ1) is 13.3. The Labute approximate surface area is 167 Å². The van der Waals surface area contributed by atoms with E-state index in [0.717, 1.165) is 17.7 Å². The lowest BCUT2D eigenvalue weighted by Gasteiger charge is -2.27. The maximum Gasteiger partial charge on any atom is 0.328 e. The smallest absolute Gasteiger partial charge is 0.328 e. The molecule has 2 rings (SSSR count). The van der Waals surface area contributed by atoms with Gasteiger partial charge in [-0.15, -0.1) is 0 Å². The van der Waals surface area contributed by atoms with Gasteiger partial charge in [0.15, 0.2) is 0 Å². The first-order valence-electron chi connectivity index (χ1n) is 9.95. The Kier molecular flexibility index (Phi) is 7.61. The summed E-state index contributed by atoms with van der Waals surface area (Å²) < 4.78 is 10.5. The summed E-state index contributed by atoms with van der Waals surface area (Å²) in [6.07, 6.45) is 3.31. The van der Waals surface area contributed by atoms with E-state index in [1.807, 2.05) is 31.2 Å². The molecule has 0 saturated carbocycles. The van der Waals surface area contributed by atoms with Crippen LogP contribution in [0.4, 0.5) is 0 Å². The minimum Gasteiger partial charge on any atom is -0.497 e. The normalized spacial score (nSPS) is 16.7. The number of esters is 1. The predicted octanol–water partition coefficient (Wildman–Crippen LogP) is 3.17. The molecule has 6 nitrogen and oxygen atoms in total. The first-order valence-corrected chi connectivity index (χ1v) is 9.95. The first kappa shape index (κ1) is 21.9. The fourth-order valence-electron chi connectivity index (χ4n) is 3.17. The number of benzene rings is 1. The van der Waals surface area contributed by atoms with Gasteiger partial charge in [0.2, 0.25) is 5.78 Å². The molecule has 1 saturated heterocycles. The maximum absolute atomic E-state index is 12.6. The predicted molar refractivity (Wildman–Crippen MR) is 106 cm³/mol. The molecule has 1 aromatic rings. The van der Waals surface area contributed by atoms with Gasteiger partial charge >= 0.3 is 5.97 Å². The van der Waals surface area contributed by atoms with Gasteiger partial charge in [0.05, 0.1) is 13.7 Å². The van der Waals surface area contributed by atoms with Crippen molar-refractivity contribution in [2.24, 2.45) is 5.41 Å². The SMILES string of the molecule is CCC(C)(C)C(=O)C(=O)N1CCC[C@H]1C(=O)OCCCc1ccc(OC)cc1. The van der Waals surface area contributed by atoms with Gasteiger partial charge in [-0.1, -0.05) is 32.9 Å². The highest BCUT2D eigenvalue weighted by Gasteiger charge is 2.41. The molecule has 1 aliphatic heterocycles. The van der Waals surface area contributed by atoms with E-state index >= 15 is 0 Å². The van der Waals surface area contributed by atoms with Crippen molar-refractivity contribution in [1.82, 2.24) is 4.90 Å². The van der Waals surface area contributed by atoms with E-state index in [9.17, 15) is 14.4 Å². The van der Waals surface area contributed by atoms with E-state index in [-0.39, 0.29) is 6.61 Å². The number of carbonyl (C=O) groups is 3. The van der Waals surface area contributed by atoms with E-state index in [4.69, 9.17) is 9.47 Å². The lowest BCUT2D eigenvalue weighted by Crippen LogP contribution is -2.48. The van der Waals surface area contributed by atoms with Crippen LogP contribution < -0.4 is 4.74 Å². The Hall–Kier alpha value is -2.37. The fourth-order valence-corrected chi connectivity index (χ4v) is 3.17. The Bertz CT molecular complexity index is 695. The van der Waals surface area contributed by atoms with Crippen molar-refractivity contribution < 1.29 is 23.9 Å². The van der Waals surface area contributed by atoms with Crippen LogP contribution in [-0.2, 0) is 25.5 Å². The highest BCUT2D eigenvalue weighted by Crippen LogP contribution is 2.26. The molecule has 28 heavy (non-hydrogen) atoms. The quantitative estimate of drug-likeness (QED) is 0.368. The van der Waals surface area contributed by atoms with Gasteiger partial charge in [-0.05, 0) is 49.8 Å². The van der Waals surface area contributed by atoms with E-state index < -0.39 is 29.1 Å². The van der Waals surface area contributed by atoms with Gasteiger partial charge in [0.25, 0.3) is 5.91 Å². The Morgan fingerprint density at radius 2 is 1.86 bits per heavy atom. The standard InChI is InChI=1S/C22H31NO5/c1-5-22(2,3)19(24)20(25)23-14-6-9-18(23)21(26)28-15-7-8-16-10-12-17(27-4)13-11-16/h10-13,18H,5-9,14-15H2,1-4H3/t18-/m0/s1. The molecular formula is C22H31NO5. The van der Waals surface area contributed by atoms with Crippen LogP contribution in [0.1, 0.15) is 52.0 Å². The lowest BCUT2D eigenvalue weighted by molar-refractivity contribution is -0.157. The Morgan fingerprint density at radius 3 is 2.46 bits per heavy atom. The van der Waals surface area contributed by atoms with Crippen molar-refractivity contribution in [3.63, 3.8) is 0 Å². The molecule has 0 bridgehead atoms. The minimum absolute atomic E-state index is 0.289. The van der Waals surface area contributed by atoms with Crippen LogP contribution >= 0.6 is 0 Å². The third-order valence-electron chi connectivity index (χ3n) is 5.49. The number of carbonyl (C=O) groups excluding carboxylic acids is 3. The molecule has 1 heterocycles. The molecule has 1 fully saturated rings. The van der Waals surface area contributed by atoms with Gasteiger partial charge < -0.3 is 14.4 Å². The number of hydrogen-bond donors (Lipinski definition) is 0. The average molecular weight is 389 g/mol. The highest BCUT2D eigenvalue weighted by atomic mass is 16.5. The van der Waals surface area contributed by atoms with E-state index in [2.05, 4.69) is 0 Å². The van der Waals surface area contributed by atoms with Gasteiger partial charge in [0.1, 0.15) is 11.8 Å². The van der Waals surface area contributed by atoms with Crippen LogP contribution in [0, 0.1) is 5.41 Å². The average Bonchev–Trinajstić information content (AvgIpc) is 3.20. The van der Waals surface area contributed by atoms with Crippen LogP contribution in [0.5, 0.6) is 5.75 Å². The Morgan fingerprint density at radius 1 is 1.18 bits per heavy atom. The largest absolute Gasteiger partial charge is 0.497 e. The Balaban J connectivity index is 1.83. The molecule has 0 aliphatic carbocycles. The zero-order valence-corrected chi connectivity index (χ0v) is 17.3. The second-order valence-electron chi connectivity index (χ2n) is 7.84. The van der Waals surface area contributed by atoms with Crippen LogP contribution in [-0.4, -0.2) is 48.9 Å². The van der Waals surface area contributed by atoms with Crippen molar-refractivity contribution in [2.75, 3.05) is 20.3 Å². The summed E-state index contributed by atoms with van der Waals surface area (Å²) in [6, 6.07) is 7.12. The summed E-state index contributed by atoms with van der Waals surface area (Å²) in [5, 5.41) is 0. The fraction of sp³-hybridized carbons (Fsp3) is 0.591. The number of methoxy groups -OCH3 is 1. The van der Waals surface area contributed by atoms with Gasteiger partial charge in [-0.2, -0.15) is 0 Å². The molecule has 0 spiro atoms. The summed E-state index contributed by atoms with van der Waals surface area (Å²) in [7, 11) is 1.63. The molecule has 1 aliphatic rings. The minimum atomic E-state index is -0.716. The molecule has 1 atom stereocenters. The van der Waals surface area contributed by atoms with E-state index in [1.165, 1.54) is 4.90 Å². The third-order valence-corrected chi connectivity index (χ3v) is 5.49. The number of rotatable bonds is 9. The number of nitrogens with zero attached hydrogens (tertiary/aromatic N) is 1. The number of ether oxygens (including phenoxy) is 2. The molecule has 0 radical (unpaired) electrons. The number of amides is 1. The van der Waals surface area contributed by atoms with Gasteiger partial charge in [-0.3, -0.25) is 9.59 Å². The number of aryl methyl sites for hydroxylation is 1. The van der Waals surface area contributed by atoms with Crippen LogP contribution in [0.2, 0.25) is 0 Å². The molecule has 6 heteroatoms. The lowest BCUT2D eigenvalue weighted by atomic mass is 9.84. The summed E-state index contributed by atoms with van der Waals surface area (Å²) in [5.74, 6) is -0.608. The summed E-state index contributed by atoms with van der Waals surface area (Å²) in [5.41, 5.74) is 0.425. The van der Waals surface area contributed by atoms with E-state index in [0.29, 0.717) is 32.2 Å². The van der Waals surface area contributed by atoms with Crippen LogP contribution in [0.3, 0.4) is 0 Å². The number of likely N-dealkylation sites (tertiary alicyclic amines) is 1. The molecule has 1 aromatic carbocycles. The molecular weight excluding hydrogens is 358 g/mol. The molecule has 0 aromatic heterocycles. The second kappa shape index (κ2) is 9.71. The van der Waals surface area contributed by atoms with Crippen molar-refractivity contribution in [3.8, 4) is 5.75 Å². The molecule has 0 N–H and O–H groups in total. The summed E-state index contributed by atoms with van der Waals surface area (Å²) in [6.45, 7) is 6.11. The number of Topliss-reactive ketones (excluding diaryl/α,β-unsaturated/α-hetero) is 1. The number of ketones is 1. The van der Waals surface area contributed by atoms with E-state index in [1.54, 1.807) is 21.0 Å². The maximum atomic E-state index is 12.6. The van der Waals surface area contributed by atoms with Gasteiger partial charge in [-0.25, -0.2) is 4.79 Å². The monoisotopic (exact) mass is 389 g/mol. The van der Waals surface area contributed by atoms with Crippen molar-refractivity contribution >= 4 is 17.7 Å². The molecule has 154 valence electrons. The van der Waals surface area contributed by atoms with Crippen molar-refractivity contribution in [2.45, 2.75) is 58.9 Å². The molecule has 1 amide bonds. The topological polar surface area (TPSA) is 72.9 Å². The highest BCUT2D eigenvalue weighted by molar-refractivity contribution is 6.38. The second-order valence-corrected chi connectivity index (χ2v) is 7.84. The van der Waals surface area contributed by atoms with Crippen LogP contribution in [0.15, 0.2) is 24.3 Å². The number of hydrogen-bond acceptors (Lipinski definition) is 5. The van der Waals surface area contributed by atoms with Crippen molar-refractivity contribution in [1.29, 1.82) is 0 Å². The summed E-state index contributed by atoms with van der Waals surface area (Å²) in [4.78, 5) is 38.9. The zero-order valence-electron chi connectivity index (χ0n) is 17.3. The van der Waals surface area contributed by atoms with Crippen molar-refractivity contribution in [3.05, 3.63) is 29.8 Å². The zero-order chi connectivity index (χ0) is 20.7. The van der Waals surface area contributed by atoms with Crippen LogP contribution in [0.25, 0.3) is 0 Å². The third kappa shape index (κ3) is 5.33. The summed E-state index contributed by atoms with van der Waals surface area (Å²) >= 11 is 0.